The number of anilines is 1. The number of carbonyl (C=O) groups excluding carboxylic acids is 1. The van der Waals surface area contributed by atoms with Gasteiger partial charge in [-0.25, -0.2) is 4.79 Å². The Balaban J connectivity index is 2.12. The van der Waals surface area contributed by atoms with Crippen molar-refractivity contribution in [3.8, 4) is 0 Å². The maximum absolute atomic E-state index is 12.2. The number of fused-ring (bicyclic) bond motifs is 1. The molecule has 4 nitrogen and oxygen atoms in total. The number of aliphatic hydroxyl groups is 1. The van der Waals surface area contributed by atoms with Gasteiger partial charge in [0.2, 0.25) is 0 Å². The van der Waals surface area contributed by atoms with Crippen molar-refractivity contribution in [3.05, 3.63) is 65.7 Å². The van der Waals surface area contributed by atoms with Gasteiger partial charge >= 0.3 is 6.03 Å². The van der Waals surface area contributed by atoms with Gasteiger partial charge in [-0.1, -0.05) is 48.5 Å². The van der Waals surface area contributed by atoms with Gasteiger partial charge in [-0.05, 0) is 11.6 Å². The third-order valence-electron chi connectivity index (χ3n) is 3.53. The summed E-state index contributed by atoms with van der Waals surface area (Å²) in [5.74, 6) is 0. The largest absolute Gasteiger partial charge is 0.395 e. The monoisotopic (exact) mass is 268 g/mol. The van der Waals surface area contributed by atoms with E-state index in [1.807, 2.05) is 54.6 Å². The predicted octanol–water partition coefficient (Wildman–Crippen LogP) is 2.62. The minimum Gasteiger partial charge on any atom is -0.395 e. The van der Waals surface area contributed by atoms with E-state index in [-0.39, 0.29) is 18.7 Å². The lowest BCUT2D eigenvalue weighted by molar-refractivity contribution is 0.170. The number of urea groups is 1. The maximum atomic E-state index is 12.2. The van der Waals surface area contributed by atoms with Crippen LogP contribution in [0.5, 0.6) is 0 Å². The Morgan fingerprint density at radius 3 is 2.50 bits per heavy atom. The molecule has 2 N–H and O–H groups in total. The number of hydrogen-bond donors (Lipinski definition) is 2. The van der Waals surface area contributed by atoms with E-state index < -0.39 is 0 Å². The number of β-amino-alcohol motifs (C(OH)–C–C–N with tert-alkyl or cyclic N) is 1. The van der Waals surface area contributed by atoms with Crippen LogP contribution >= 0.6 is 0 Å². The number of carbonyl (C=O) groups is 1. The van der Waals surface area contributed by atoms with Crippen molar-refractivity contribution >= 4 is 11.7 Å². The molecule has 102 valence electrons. The molecule has 1 unspecified atom stereocenters. The highest BCUT2D eigenvalue weighted by atomic mass is 16.3. The summed E-state index contributed by atoms with van der Waals surface area (Å²) in [6.07, 6.45) is 0. The zero-order chi connectivity index (χ0) is 13.9. The Morgan fingerprint density at radius 1 is 1.05 bits per heavy atom. The summed E-state index contributed by atoms with van der Waals surface area (Å²) in [7, 11) is 0. The van der Waals surface area contributed by atoms with Crippen LogP contribution in [-0.2, 0) is 0 Å². The van der Waals surface area contributed by atoms with Gasteiger partial charge < -0.3 is 15.3 Å². The minimum atomic E-state index is -0.174. The molecule has 0 saturated heterocycles. The molecule has 3 rings (SSSR count). The first-order chi connectivity index (χ1) is 9.81. The highest BCUT2D eigenvalue weighted by Crippen LogP contribution is 2.37. The molecule has 0 aliphatic carbocycles. The summed E-state index contributed by atoms with van der Waals surface area (Å²) in [5.41, 5.74) is 2.93. The van der Waals surface area contributed by atoms with Crippen LogP contribution in [-0.4, -0.2) is 29.2 Å². The highest BCUT2D eigenvalue weighted by molar-refractivity contribution is 5.93. The molecular formula is C16H16N2O2. The average molecular weight is 268 g/mol. The fraction of sp³-hybridized carbons (Fsp3) is 0.188. The predicted molar refractivity (Wildman–Crippen MR) is 77.5 cm³/mol. The van der Waals surface area contributed by atoms with Crippen LogP contribution in [0.25, 0.3) is 0 Å². The van der Waals surface area contributed by atoms with Crippen LogP contribution in [0.15, 0.2) is 54.6 Å². The van der Waals surface area contributed by atoms with Gasteiger partial charge in [0.05, 0.1) is 12.6 Å². The van der Waals surface area contributed by atoms with Crippen molar-refractivity contribution in [3.63, 3.8) is 0 Å². The molecule has 0 bridgehead atoms. The first kappa shape index (κ1) is 12.7. The highest BCUT2D eigenvalue weighted by Gasteiger charge is 2.32. The van der Waals surface area contributed by atoms with Gasteiger partial charge in [0.1, 0.15) is 0 Å². The number of aliphatic hydroxyl groups excluding tert-OH is 1. The van der Waals surface area contributed by atoms with Crippen LogP contribution in [0.2, 0.25) is 0 Å². The fourth-order valence-corrected chi connectivity index (χ4v) is 2.65. The normalized spacial score (nSPS) is 17.6. The lowest BCUT2D eigenvalue weighted by Gasteiger charge is -2.37. The van der Waals surface area contributed by atoms with Crippen LogP contribution < -0.4 is 5.32 Å². The summed E-state index contributed by atoms with van der Waals surface area (Å²) in [6.45, 7) is 0.249. The second-order valence-electron chi connectivity index (χ2n) is 4.75. The van der Waals surface area contributed by atoms with Crippen molar-refractivity contribution < 1.29 is 9.90 Å². The molecular weight excluding hydrogens is 252 g/mol. The number of rotatable bonds is 3. The van der Waals surface area contributed by atoms with Crippen LogP contribution in [0, 0.1) is 0 Å². The molecule has 0 aromatic heterocycles. The fourth-order valence-electron chi connectivity index (χ4n) is 2.65. The zero-order valence-electron chi connectivity index (χ0n) is 11.0. The van der Waals surface area contributed by atoms with E-state index in [9.17, 15) is 9.90 Å². The summed E-state index contributed by atoms with van der Waals surface area (Å²) in [4.78, 5) is 13.9. The second kappa shape index (κ2) is 5.35. The quantitative estimate of drug-likeness (QED) is 0.899. The smallest absolute Gasteiger partial charge is 0.322 e. The van der Waals surface area contributed by atoms with Gasteiger partial charge in [-0.15, -0.1) is 0 Å². The molecule has 0 radical (unpaired) electrons. The van der Waals surface area contributed by atoms with Crippen LogP contribution in [0.4, 0.5) is 10.5 Å². The van der Waals surface area contributed by atoms with Crippen LogP contribution in [0.1, 0.15) is 17.2 Å². The van der Waals surface area contributed by atoms with E-state index >= 15 is 0 Å². The molecule has 4 heteroatoms. The number of nitrogens with zero attached hydrogens (tertiary/aromatic N) is 1. The topological polar surface area (TPSA) is 52.6 Å². The molecule has 2 aromatic rings. The number of nitrogens with one attached hydrogen (secondary N) is 1. The Hall–Kier alpha value is -2.33. The summed E-state index contributed by atoms with van der Waals surface area (Å²) >= 11 is 0. The third kappa shape index (κ3) is 2.14. The molecule has 0 spiro atoms. The summed E-state index contributed by atoms with van der Waals surface area (Å²) < 4.78 is 0. The Kier molecular flexibility index (Phi) is 3.39. The van der Waals surface area contributed by atoms with Gasteiger partial charge in [-0.3, -0.25) is 0 Å². The first-order valence-corrected chi connectivity index (χ1v) is 6.63. The van der Waals surface area contributed by atoms with E-state index in [0.29, 0.717) is 6.54 Å². The molecule has 1 atom stereocenters. The van der Waals surface area contributed by atoms with Crippen molar-refractivity contribution in [1.82, 2.24) is 4.90 Å². The lowest BCUT2D eigenvalue weighted by atomic mass is 9.94. The van der Waals surface area contributed by atoms with E-state index in [1.165, 1.54) is 0 Å². The Labute approximate surface area is 117 Å². The van der Waals surface area contributed by atoms with Crippen molar-refractivity contribution in [2.24, 2.45) is 0 Å². The number of para-hydroxylation sites is 1. The van der Waals surface area contributed by atoms with E-state index in [0.717, 1.165) is 16.8 Å². The standard InChI is InChI=1S/C16H16N2O2/c19-11-10-18-15(12-6-2-1-3-7-12)13-8-4-5-9-14(13)17-16(18)20/h1-9,15,19H,10-11H2,(H,17,20). The minimum absolute atomic E-state index is 0.0566. The Morgan fingerprint density at radius 2 is 1.75 bits per heavy atom. The molecule has 1 heterocycles. The van der Waals surface area contributed by atoms with Crippen molar-refractivity contribution in [1.29, 1.82) is 0 Å². The van der Waals surface area contributed by atoms with E-state index in [2.05, 4.69) is 5.32 Å². The lowest BCUT2D eigenvalue weighted by Crippen LogP contribution is -2.44. The number of hydrogen-bond acceptors (Lipinski definition) is 2. The molecule has 1 aliphatic rings. The van der Waals surface area contributed by atoms with Crippen LogP contribution in [0.3, 0.4) is 0 Å². The van der Waals surface area contributed by atoms with E-state index in [1.54, 1.807) is 4.90 Å². The molecule has 0 fully saturated rings. The van der Waals surface area contributed by atoms with Gasteiger partial charge in [0.15, 0.2) is 0 Å². The average Bonchev–Trinajstić information content (AvgIpc) is 2.49. The third-order valence-corrected chi connectivity index (χ3v) is 3.53. The van der Waals surface area contributed by atoms with Gasteiger partial charge in [0, 0.05) is 17.8 Å². The summed E-state index contributed by atoms with van der Waals surface area (Å²) in [5, 5.41) is 12.1. The SMILES string of the molecule is O=C1Nc2ccccc2C(c2ccccc2)N1CCO. The Bertz CT molecular complexity index is 613. The molecule has 1 aliphatic heterocycles. The van der Waals surface area contributed by atoms with E-state index in [4.69, 9.17) is 0 Å². The molecule has 0 saturated carbocycles. The summed E-state index contributed by atoms with van der Waals surface area (Å²) in [6, 6.07) is 17.3. The maximum Gasteiger partial charge on any atom is 0.322 e. The molecule has 20 heavy (non-hydrogen) atoms. The first-order valence-electron chi connectivity index (χ1n) is 6.63. The number of amides is 2. The van der Waals surface area contributed by atoms with Crippen molar-refractivity contribution in [2.75, 3.05) is 18.5 Å². The molecule has 2 amide bonds. The van der Waals surface area contributed by atoms with Gasteiger partial charge in [-0.2, -0.15) is 0 Å². The zero-order valence-corrected chi connectivity index (χ0v) is 11.0. The number of benzene rings is 2. The second-order valence-corrected chi connectivity index (χ2v) is 4.75. The van der Waals surface area contributed by atoms with Gasteiger partial charge in [0.25, 0.3) is 0 Å². The van der Waals surface area contributed by atoms with Crippen molar-refractivity contribution in [2.45, 2.75) is 6.04 Å². The molecule has 2 aromatic carbocycles.